The van der Waals surface area contributed by atoms with Crippen molar-refractivity contribution < 1.29 is 14.0 Å². The highest BCUT2D eigenvalue weighted by molar-refractivity contribution is 7.20. The van der Waals surface area contributed by atoms with Crippen LogP contribution in [0.3, 0.4) is 0 Å². The molecule has 7 heteroatoms. The molecular weight excluding hydrogens is 326 g/mol. The van der Waals surface area contributed by atoms with Crippen LogP contribution in [0.15, 0.2) is 53.1 Å². The van der Waals surface area contributed by atoms with Gasteiger partial charge in [-0.15, -0.1) is 0 Å². The highest BCUT2D eigenvalue weighted by Crippen LogP contribution is 2.31. The van der Waals surface area contributed by atoms with Crippen molar-refractivity contribution in [2.75, 3.05) is 0 Å². The van der Waals surface area contributed by atoms with Gasteiger partial charge in [-0.1, -0.05) is 28.6 Å². The van der Waals surface area contributed by atoms with E-state index in [1.165, 1.54) is 11.3 Å². The van der Waals surface area contributed by atoms with Crippen molar-refractivity contribution in [3.05, 3.63) is 60.2 Å². The lowest BCUT2D eigenvalue weighted by Gasteiger charge is -2.05. The van der Waals surface area contributed by atoms with E-state index >= 15 is 0 Å². The van der Waals surface area contributed by atoms with Crippen LogP contribution in [0.25, 0.3) is 10.2 Å². The Morgan fingerprint density at radius 2 is 1.79 bits per heavy atom. The zero-order chi connectivity index (χ0) is 16.4. The van der Waals surface area contributed by atoms with Crippen LogP contribution in [0.5, 0.6) is 16.7 Å². The molecule has 4 rings (SSSR count). The molecule has 2 aromatic heterocycles. The zero-order valence-corrected chi connectivity index (χ0v) is 13.6. The molecule has 6 nitrogen and oxygen atoms in total. The van der Waals surface area contributed by atoms with E-state index in [9.17, 15) is 0 Å². The van der Waals surface area contributed by atoms with Gasteiger partial charge in [-0.25, -0.2) is 4.98 Å². The number of ether oxygens (including phenoxy) is 2. The third-order valence-corrected chi connectivity index (χ3v) is 4.15. The van der Waals surface area contributed by atoms with Crippen molar-refractivity contribution in [3.63, 3.8) is 0 Å². The molecule has 4 aromatic rings. The fraction of sp³-hybridized carbons (Fsp3) is 0.118. The van der Waals surface area contributed by atoms with E-state index in [4.69, 9.17) is 14.0 Å². The van der Waals surface area contributed by atoms with Gasteiger partial charge in [-0.3, -0.25) is 0 Å². The van der Waals surface area contributed by atoms with Crippen LogP contribution < -0.4 is 9.47 Å². The Labute approximate surface area is 141 Å². The summed E-state index contributed by atoms with van der Waals surface area (Å²) in [7, 11) is 0. The summed E-state index contributed by atoms with van der Waals surface area (Å²) in [4.78, 5) is 8.53. The van der Waals surface area contributed by atoms with Gasteiger partial charge in [0, 0.05) is 0 Å². The van der Waals surface area contributed by atoms with Gasteiger partial charge in [0.1, 0.15) is 11.5 Å². The van der Waals surface area contributed by atoms with Gasteiger partial charge in [0.05, 0.1) is 10.2 Å². The lowest BCUT2D eigenvalue weighted by atomic mass is 10.3. The van der Waals surface area contributed by atoms with Gasteiger partial charge < -0.3 is 14.0 Å². The second-order valence-corrected chi connectivity index (χ2v) is 6.04. The third kappa shape index (κ3) is 3.21. The molecule has 0 amide bonds. The van der Waals surface area contributed by atoms with Crippen LogP contribution in [-0.4, -0.2) is 15.1 Å². The summed E-state index contributed by atoms with van der Waals surface area (Å²) in [5.74, 6) is 2.44. The van der Waals surface area contributed by atoms with Gasteiger partial charge >= 0.3 is 0 Å². The number of hydrogen-bond acceptors (Lipinski definition) is 7. The maximum Gasteiger partial charge on any atom is 0.279 e. The first-order valence-electron chi connectivity index (χ1n) is 7.32. The fourth-order valence-corrected chi connectivity index (χ4v) is 2.98. The van der Waals surface area contributed by atoms with Crippen LogP contribution in [0.4, 0.5) is 0 Å². The van der Waals surface area contributed by atoms with Crippen LogP contribution in [0.1, 0.15) is 11.7 Å². The molecule has 0 saturated heterocycles. The molecule has 24 heavy (non-hydrogen) atoms. The normalized spacial score (nSPS) is 10.9. The first-order chi connectivity index (χ1) is 11.8. The Kier molecular flexibility index (Phi) is 3.84. The van der Waals surface area contributed by atoms with E-state index in [-0.39, 0.29) is 6.61 Å². The lowest BCUT2D eigenvalue weighted by molar-refractivity contribution is 0.242. The van der Waals surface area contributed by atoms with Crippen molar-refractivity contribution in [3.8, 4) is 16.7 Å². The molecule has 0 bridgehead atoms. The molecule has 0 atom stereocenters. The third-order valence-electron chi connectivity index (χ3n) is 3.24. The molecule has 0 aliphatic carbocycles. The average molecular weight is 339 g/mol. The summed E-state index contributed by atoms with van der Waals surface area (Å²) in [5.41, 5.74) is 0.937. The van der Waals surface area contributed by atoms with Crippen molar-refractivity contribution >= 4 is 21.6 Å². The van der Waals surface area contributed by atoms with E-state index in [2.05, 4.69) is 15.1 Å². The number of aromatic nitrogens is 3. The smallest absolute Gasteiger partial charge is 0.279 e. The van der Waals surface area contributed by atoms with E-state index in [1.54, 1.807) is 6.92 Å². The quantitative estimate of drug-likeness (QED) is 0.538. The maximum atomic E-state index is 5.80. The molecule has 0 unspecified atom stereocenters. The van der Waals surface area contributed by atoms with Crippen molar-refractivity contribution in [2.24, 2.45) is 0 Å². The standard InChI is InChI=1S/C17H13N3O3S/c1-11-18-16(23-20-11)10-21-12-6-8-13(9-7-12)22-17-19-14-4-2-3-5-15(14)24-17/h2-9H,10H2,1H3. The molecule has 0 aliphatic heterocycles. The first-order valence-corrected chi connectivity index (χ1v) is 8.13. The highest BCUT2D eigenvalue weighted by atomic mass is 32.1. The van der Waals surface area contributed by atoms with Crippen molar-refractivity contribution in [1.29, 1.82) is 0 Å². The molecule has 2 aromatic carbocycles. The van der Waals surface area contributed by atoms with Crippen LogP contribution >= 0.6 is 11.3 Å². The first kappa shape index (κ1) is 14.6. The van der Waals surface area contributed by atoms with Gasteiger partial charge in [0.25, 0.3) is 11.1 Å². The van der Waals surface area contributed by atoms with Crippen LogP contribution in [-0.2, 0) is 6.61 Å². The van der Waals surface area contributed by atoms with Gasteiger partial charge in [0.2, 0.25) is 0 Å². The van der Waals surface area contributed by atoms with Crippen molar-refractivity contribution in [1.82, 2.24) is 15.1 Å². The average Bonchev–Trinajstić information content (AvgIpc) is 3.19. The molecule has 120 valence electrons. The van der Waals surface area contributed by atoms with Gasteiger partial charge in [-0.05, 0) is 43.3 Å². The fourth-order valence-electron chi connectivity index (χ4n) is 2.14. The van der Waals surface area contributed by atoms with Crippen LogP contribution in [0.2, 0.25) is 0 Å². The number of thiazole rings is 1. The number of nitrogens with zero attached hydrogens (tertiary/aromatic N) is 3. The van der Waals surface area contributed by atoms with E-state index in [1.807, 2.05) is 48.5 Å². The number of hydrogen-bond donors (Lipinski definition) is 0. The summed E-state index contributed by atoms with van der Waals surface area (Å²) in [6.45, 7) is 2.00. The second kappa shape index (κ2) is 6.29. The molecule has 2 heterocycles. The molecule has 0 spiro atoms. The van der Waals surface area contributed by atoms with E-state index in [0.29, 0.717) is 28.4 Å². The zero-order valence-electron chi connectivity index (χ0n) is 12.8. The second-order valence-electron chi connectivity index (χ2n) is 5.04. The summed E-state index contributed by atoms with van der Waals surface area (Å²) in [6.07, 6.45) is 0. The Balaban J connectivity index is 1.41. The summed E-state index contributed by atoms with van der Waals surface area (Å²) >= 11 is 1.51. The van der Waals surface area contributed by atoms with Crippen LogP contribution in [0, 0.1) is 6.92 Å². The number of rotatable bonds is 5. The lowest BCUT2D eigenvalue weighted by Crippen LogP contribution is -1.95. The molecular formula is C17H13N3O3S. The van der Waals surface area contributed by atoms with E-state index in [0.717, 1.165) is 10.2 Å². The molecule has 0 N–H and O–H groups in total. The minimum atomic E-state index is 0.235. The highest BCUT2D eigenvalue weighted by Gasteiger charge is 2.07. The molecule has 0 aliphatic rings. The molecule has 0 fully saturated rings. The van der Waals surface area contributed by atoms with E-state index < -0.39 is 0 Å². The predicted octanol–water partition coefficient (Wildman–Crippen LogP) is 4.36. The number of aryl methyl sites for hydroxylation is 1. The van der Waals surface area contributed by atoms with Gasteiger partial charge in [0.15, 0.2) is 12.4 Å². The SMILES string of the molecule is Cc1noc(COc2ccc(Oc3nc4ccccc4s3)cc2)n1. The Morgan fingerprint density at radius 1 is 1.00 bits per heavy atom. The topological polar surface area (TPSA) is 70.3 Å². The Morgan fingerprint density at radius 3 is 2.54 bits per heavy atom. The largest absolute Gasteiger partial charge is 0.484 e. The number of benzene rings is 2. The molecule has 0 saturated carbocycles. The summed E-state index contributed by atoms with van der Waals surface area (Å²) in [6, 6.07) is 15.3. The number of para-hydroxylation sites is 1. The number of fused-ring (bicyclic) bond motifs is 1. The molecule has 0 radical (unpaired) electrons. The Bertz CT molecular complexity index is 930. The summed E-state index contributed by atoms with van der Waals surface area (Å²) in [5, 5.41) is 4.33. The van der Waals surface area contributed by atoms with Gasteiger partial charge in [-0.2, -0.15) is 4.98 Å². The van der Waals surface area contributed by atoms with Crippen molar-refractivity contribution in [2.45, 2.75) is 13.5 Å². The maximum absolute atomic E-state index is 5.80. The minimum absolute atomic E-state index is 0.235. The monoisotopic (exact) mass is 339 g/mol. The predicted molar refractivity (Wildman–Crippen MR) is 89.5 cm³/mol. The Hall–Kier alpha value is -2.93. The minimum Gasteiger partial charge on any atom is -0.484 e. The summed E-state index contributed by atoms with van der Waals surface area (Å²) < 4.78 is 17.5.